The van der Waals surface area contributed by atoms with Crippen LogP contribution in [0.15, 0.2) is 43.6 Å². The molecule has 9 heteroatoms. The quantitative estimate of drug-likeness (QED) is 0.320. The number of carboxylic acids is 1. The number of pyridine rings is 1. The Morgan fingerprint density at radius 3 is 2.48 bits per heavy atom. The molecule has 31 heavy (non-hydrogen) atoms. The van der Waals surface area contributed by atoms with Crippen LogP contribution in [0.5, 0.6) is 0 Å². The lowest BCUT2D eigenvalue weighted by atomic mass is 10.1. The fourth-order valence-corrected chi connectivity index (χ4v) is 3.08. The summed E-state index contributed by atoms with van der Waals surface area (Å²) in [5.74, 6) is -1.68. The highest BCUT2D eigenvalue weighted by Crippen LogP contribution is 2.44. The molecule has 0 unspecified atom stereocenters. The molecule has 0 aromatic carbocycles. The number of rotatable bonds is 14. The Hall–Kier alpha value is -3.04. The molecular weight excluding hydrogens is 400 g/mol. The number of nitrogens with zero attached hydrogens (tertiary/aromatic N) is 2. The van der Waals surface area contributed by atoms with Gasteiger partial charge in [0.2, 0.25) is 11.8 Å². The molecule has 168 valence electrons. The van der Waals surface area contributed by atoms with E-state index in [9.17, 15) is 19.5 Å². The van der Waals surface area contributed by atoms with Gasteiger partial charge in [0.25, 0.3) is 0 Å². The van der Waals surface area contributed by atoms with Gasteiger partial charge in [0.05, 0.1) is 30.3 Å². The number of carbonyl (C=O) groups excluding carboxylic acids is 2. The molecule has 4 N–H and O–H groups in total. The Balaban J connectivity index is 2.08. The molecule has 2 rings (SSSR count). The summed E-state index contributed by atoms with van der Waals surface area (Å²) in [4.78, 5) is 42.4. The lowest BCUT2D eigenvalue weighted by molar-refractivity contribution is -0.135. The molecular formula is C22H30N4O5. The van der Waals surface area contributed by atoms with Crippen LogP contribution >= 0.6 is 0 Å². The maximum atomic E-state index is 13.1. The predicted molar refractivity (Wildman–Crippen MR) is 115 cm³/mol. The fourth-order valence-electron chi connectivity index (χ4n) is 3.08. The van der Waals surface area contributed by atoms with Crippen LogP contribution in [-0.4, -0.2) is 70.2 Å². The third kappa shape index (κ3) is 7.30. The van der Waals surface area contributed by atoms with Crippen LogP contribution in [0.1, 0.15) is 35.3 Å². The van der Waals surface area contributed by atoms with E-state index in [-0.39, 0.29) is 42.4 Å². The molecule has 1 aliphatic rings. The zero-order valence-corrected chi connectivity index (χ0v) is 17.5. The molecule has 1 aromatic heterocycles. The zero-order valence-electron chi connectivity index (χ0n) is 17.5. The van der Waals surface area contributed by atoms with Gasteiger partial charge in [-0.2, -0.15) is 0 Å². The molecule has 0 aliphatic heterocycles. The monoisotopic (exact) mass is 430 g/mol. The van der Waals surface area contributed by atoms with Crippen LogP contribution in [0.2, 0.25) is 0 Å². The highest BCUT2D eigenvalue weighted by molar-refractivity contribution is 5.89. The third-order valence-corrected chi connectivity index (χ3v) is 5.24. The van der Waals surface area contributed by atoms with E-state index < -0.39 is 12.0 Å². The molecule has 0 saturated heterocycles. The summed E-state index contributed by atoms with van der Waals surface area (Å²) in [5, 5.41) is 24.4. The lowest BCUT2D eigenvalue weighted by Crippen LogP contribution is -2.49. The average molecular weight is 431 g/mol. The van der Waals surface area contributed by atoms with Crippen molar-refractivity contribution in [1.82, 2.24) is 20.5 Å². The van der Waals surface area contributed by atoms with Crippen LogP contribution in [0.4, 0.5) is 0 Å². The fraction of sp³-hybridized carbons (Fsp3) is 0.455. The van der Waals surface area contributed by atoms with Gasteiger partial charge in [-0.1, -0.05) is 12.2 Å². The van der Waals surface area contributed by atoms with E-state index >= 15 is 0 Å². The second-order valence-electron chi connectivity index (χ2n) is 7.73. The van der Waals surface area contributed by atoms with Crippen molar-refractivity contribution in [3.05, 3.63) is 54.9 Å². The number of aliphatic hydroxyl groups excluding tert-OH is 1. The Labute approximate surface area is 181 Å². The van der Waals surface area contributed by atoms with Gasteiger partial charge in [-0.25, -0.2) is 4.79 Å². The maximum absolute atomic E-state index is 13.1. The SMILES string of the molecule is C=CCN(CC=C)C(=O)[C@H](CC(=O)NCC1(CO)CC1)NCc1cc(C(=O)O)ccn1. The number of hydrogen-bond donors (Lipinski definition) is 4. The van der Waals surface area contributed by atoms with Gasteiger partial charge < -0.3 is 20.4 Å². The first kappa shape index (κ1) is 24.2. The van der Waals surface area contributed by atoms with Crippen molar-refractivity contribution < 1.29 is 24.6 Å². The van der Waals surface area contributed by atoms with Crippen molar-refractivity contribution in [2.75, 3.05) is 26.2 Å². The largest absolute Gasteiger partial charge is 0.478 e. The van der Waals surface area contributed by atoms with E-state index in [1.54, 1.807) is 12.2 Å². The number of carbonyl (C=O) groups is 3. The summed E-state index contributed by atoms with van der Waals surface area (Å²) in [6, 6.07) is 1.95. The number of aromatic nitrogens is 1. The molecule has 1 saturated carbocycles. The predicted octanol–water partition coefficient (Wildman–Crippen LogP) is 0.717. The van der Waals surface area contributed by atoms with Crippen molar-refractivity contribution in [2.45, 2.75) is 31.8 Å². The molecule has 9 nitrogen and oxygen atoms in total. The van der Waals surface area contributed by atoms with E-state index in [1.165, 1.54) is 23.2 Å². The zero-order chi connectivity index (χ0) is 22.9. The molecule has 1 atom stereocenters. The van der Waals surface area contributed by atoms with Crippen molar-refractivity contribution in [3.63, 3.8) is 0 Å². The number of aliphatic hydroxyl groups is 1. The second kappa shape index (κ2) is 11.4. The van der Waals surface area contributed by atoms with Gasteiger partial charge in [0.1, 0.15) is 0 Å². The number of hydrogen-bond acceptors (Lipinski definition) is 6. The number of carboxylic acid groups (broad SMARTS) is 1. The Morgan fingerprint density at radius 2 is 1.94 bits per heavy atom. The van der Waals surface area contributed by atoms with Crippen LogP contribution < -0.4 is 10.6 Å². The Bertz CT molecular complexity index is 812. The summed E-state index contributed by atoms with van der Waals surface area (Å²) in [7, 11) is 0. The van der Waals surface area contributed by atoms with Crippen LogP contribution in [-0.2, 0) is 16.1 Å². The van der Waals surface area contributed by atoms with Crippen LogP contribution in [0, 0.1) is 5.41 Å². The maximum Gasteiger partial charge on any atom is 0.335 e. The van der Waals surface area contributed by atoms with Crippen LogP contribution in [0.3, 0.4) is 0 Å². The summed E-state index contributed by atoms with van der Waals surface area (Å²) in [6.07, 6.45) is 6.19. The standard InChI is InChI=1S/C22H30N4O5/c1-3-9-26(10-4-2)20(29)18(12-19(28)25-14-22(15-27)6-7-22)24-13-17-11-16(21(30)31)5-8-23-17/h3-5,8,11,18,24,27H,1-2,6-7,9-10,12-15H2,(H,25,28)(H,30,31)/t18-/m0/s1. The highest BCUT2D eigenvalue weighted by atomic mass is 16.4. The topological polar surface area (TPSA) is 132 Å². The molecule has 2 amide bonds. The van der Waals surface area contributed by atoms with Gasteiger partial charge in [0.15, 0.2) is 0 Å². The van der Waals surface area contributed by atoms with Crippen LogP contribution in [0.25, 0.3) is 0 Å². The Kier molecular flexibility index (Phi) is 8.89. The second-order valence-corrected chi connectivity index (χ2v) is 7.73. The molecule has 1 heterocycles. The smallest absolute Gasteiger partial charge is 0.335 e. The molecule has 1 aromatic rings. The number of amides is 2. The van der Waals surface area contributed by atoms with Crippen molar-refractivity contribution in [1.29, 1.82) is 0 Å². The minimum absolute atomic E-state index is 0.0198. The average Bonchev–Trinajstić information content (AvgIpc) is 3.55. The number of aromatic carboxylic acids is 1. The minimum Gasteiger partial charge on any atom is -0.478 e. The van der Waals surface area contributed by atoms with Gasteiger partial charge >= 0.3 is 5.97 Å². The Morgan fingerprint density at radius 1 is 1.26 bits per heavy atom. The highest BCUT2D eigenvalue weighted by Gasteiger charge is 2.42. The molecule has 1 fully saturated rings. The van der Waals surface area contributed by atoms with E-state index in [2.05, 4.69) is 28.8 Å². The van der Waals surface area contributed by atoms with Gasteiger partial charge in [0, 0.05) is 37.8 Å². The molecule has 0 radical (unpaired) electrons. The van der Waals surface area contributed by atoms with E-state index in [1.807, 2.05) is 0 Å². The summed E-state index contributed by atoms with van der Waals surface area (Å²) in [6.45, 7) is 8.42. The summed E-state index contributed by atoms with van der Waals surface area (Å²) >= 11 is 0. The summed E-state index contributed by atoms with van der Waals surface area (Å²) in [5.41, 5.74) is 0.294. The lowest BCUT2D eigenvalue weighted by Gasteiger charge is -2.26. The van der Waals surface area contributed by atoms with Crippen molar-refractivity contribution in [2.24, 2.45) is 5.41 Å². The van der Waals surface area contributed by atoms with Gasteiger partial charge in [-0.15, -0.1) is 13.2 Å². The van der Waals surface area contributed by atoms with E-state index in [4.69, 9.17) is 5.11 Å². The van der Waals surface area contributed by atoms with E-state index in [0.29, 0.717) is 25.3 Å². The first-order valence-corrected chi connectivity index (χ1v) is 10.1. The minimum atomic E-state index is -1.07. The molecule has 0 spiro atoms. The molecule has 1 aliphatic carbocycles. The van der Waals surface area contributed by atoms with Gasteiger partial charge in [-0.3, -0.25) is 19.9 Å². The molecule has 0 bridgehead atoms. The van der Waals surface area contributed by atoms with Crippen molar-refractivity contribution in [3.8, 4) is 0 Å². The first-order valence-electron chi connectivity index (χ1n) is 10.1. The number of nitrogens with one attached hydrogen (secondary N) is 2. The summed E-state index contributed by atoms with van der Waals surface area (Å²) < 4.78 is 0. The normalized spacial score (nSPS) is 14.9. The van der Waals surface area contributed by atoms with Gasteiger partial charge in [-0.05, 0) is 25.0 Å². The van der Waals surface area contributed by atoms with E-state index in [0.717, 1.165) is 12.8 Å². The third-order valence-electron chi connectivity index (χ3n) is 5.24. The van der Waals surface area contributed by atoms with Crippen molar-refractivity contribution >= 4 is 17.8 Å². The first-order chi connectivity index (χ1) is 14.8.